The summed E-state index contributed by atoms with van der Waals surface area (Å²) < 4.78 is 12.1. The van der Waals surface area contributed by atoms with Crippen LogP contribution in [-0.2, 0) is 0 Å². The van der Waals surface area contributed by atoms with Gasteiger partial charge in [-0.3, -0.25) is 0 Å². The highest BCUT2D eigenvalue weighted by molar-refractivity contribution is 6.29. The van der Waals surface area contributed by atoms with E-state index in [1.165, 1.54) is 12.1 Å². The second-order valence-electron chi connectivity index (χ2n) is 1.21. The fourth-order valence-electron chi connectivity index (χ4n) is 0.327. The molecule has 41 valence electrons. The third-order valence-corrected chi connectivity index (χ3v) is 0.929. The van der Waals surface area contributed by atoms with Gasteiger partial charge in [0.2, 0.25) is 0 Å². The van der Waals surface area contributed by atoms with Gasteiger partial charge in [-0.05, 0) is 12.1 Å². The number of nitrogens with zero attached hydrogens (tertiary/aromatic N) is 1. The van der Waals surface area contributed by atoms with Crippen LogP contribution in [0.4, 0.5) is 4.39 Å². The van der Waals surface area contributed by atoms with Crippen molar-refractivity contribution in [3.8, 4) is 0 Å². The highest BCUT2D eigenvalue weighted by Gasteiger charge is 1.93. The third kappa shape index (κ3) is 0.954. The summed E-state index contributed by atoms with van der Waals surface area (Å²) in [5.74, 6) is -0.509. The molecule has 0 bridgehead atoms. The van der Waals surface area contributed by atoms with Crippen molar-refractivity contribution in [3.63, 3.8) is 0 Å². The van der Waals surface area contributed by atoms with Crippen LogP contribution in [0.1, 0.15) is 0 Å². The third-order valence-electron chi connectivity index (χ3n) is 0.664. The second kappa shape index (κ2) is 2.09. The van der Waals surface area contributed by atoms with Crippen molar-refractivity contribution in [2.45, 2.75) is 0 Å². The van der Waals surface area contributed by atoms with Gasteiger partial charge in [-0.25, -0.2) is 9.37 Å². The highest BCUT2D eigenvalue weighted by atomic mass is 35.5. The van der Waals surface area contributed by atoms with Gasteiger partial charge in [0.15, 0.2) is 11.0 Å². The number of halogens is 2. The minimum Gasteiger partial charge on any atom is -0.231 e. The molecule has 0 amide bonds. The van der Waals surface area contributed by atoms with Crippen molar-refractivity contribution in [1.82, 2.24) is 4.98 Å². The van der Waals surface area contributed by atoms with Crippen molar-refractivity contribution in [3.05, 3.63) is 29.3 Å². The molecule has 0 aliphatic heterocycles. The Labute approximate surface area is 51.1 Å². The maximum atomic E-state index is 12.1. The molecular weight excluding hydrogens is 129 g/mol. The van der Waals surface area contributed by atoms with E-state index in [-0.39, 0.29) is 5.15 Å². The topological polar surface area (TPSA) is 12.9 Å². The Hall–Kier alpha value is -0.630. The van der Waals surface area contributed by atoms with E-state index in [9.17, 15) is 4.39 Å². The van der Waals surface area contributed by atoms with Gasteiger partial charge in [-0.1, -0.05) is 11.6 Å². The Morgan fingerprint density at radius 1 is 1.75 bits per heavy atom. The molecule has 0 aromatic carbocycles. The van der Waals surface area contributed by atoms with Gasteiger partial charge in [0.1, 0.15) is 0 Å². The average Bonchev–Trinajstić information content (AvgIpc) is 1.77. The Kier molecular flexibility index (Phi) is 1.44. The molecule has 1 aromatic heterocycles. The second-order valence-corrected chi connectivity index (χ2v) is 1.57. The van der Waals surface area contributed by atoms with Gasteiger partial charge in [-0.15, -0.1) is 0 Å². The zero-order valence-electron chi connectivity index (χ0n) is 3.86. The van der Waals surface area contributed by atoms with Crippen LogP contribution in [-0.4, -0.2) is 4.98 Å². The molecule has 1 aromatic rings. The summed E-state index contributed by atoms with van der Waals surface area (Å²) in [6, 6.07) is 2.57. The van der Waals surface area contributed by atoms with Gasteiger partial charge in [0, 0.05) is 0 Å². The van der Waals surface area contributed by atoms with Crippen LogP contribution in [0.2, 0.25) is 5.15 Å². The zero-order valence-corrected chi connectivity index (χ0v) is 4.61. The largest absolute Gasteiger partial charge is 0.231 e. The molecule has 0 unspecified atom stereocenters. The first-order valence-corrected chi connectivity index (χ1v) is 2.36. The molecule has 0 aliphatic rings. The lowest BCUT2D eigenvalue weighted by Crippen LogP contribution is -1.77. The van der Waals surface area contributed by atoms with E-state index in [0.717, 1.165) is 0 Å². The molecule has 0 N–H and O–H groups in total. The summed E-state index contributed by atoms with van der Waals surface area (Å²) in [6.07, 6.45) is 2.38. The summed E-state index contributed by atoms with van der Waals surface area (Å²) in [4.78, 5) is 3.34. The van der Waals surface area contributed by atoms with E-state index >= 15 is 0 Å². The molecule has 3 heteroatoms. The first-order valence-electron chi connectivity index (χ1n) is 1.99. The van der Waals surface area contributed by atoms with Crippen LogP contribution < -0.4 is 0 Å². The van der Waals surface area contributed by atoms with Crippen LogP contribution in [0.25, 0.3) is 0 Å². The summed E-state index contributed by atoms with van der Waals surface area (Å²) in [7, 11) is 0. The monoisotopic (exact) mass is 130 g/mol. The fraction of sp³-hybridized carbons (Fsp3) is 0. The van der Waals surface area contributed by atoms with Crippen molar-refractivity contribution in [2.24, 2.45) is 0 Å². The number of aromatic nitrogens is 1. The maximum Gasteiger partial charge on any atom is 0.165 e. The van der Waals surface area contributed by atoms with Crippen LogP contribution >= 0.6 is 11.6 Å². The Morgan fingerprint density at radius 3 is 2.88 bits per heavy atom. The number of hydrogen-bond donors (Lipinski definition) is 0. The molecule has 1 nitrogen and oxygen atoms in total. The molecule has 1 rings (SSSR count). The lowest BCUT2D eigenvalue weighted by molar-refractivity contribution is 0.621. The van der Waals surface area contributed by atoms with Crippen LogP contribution in [0.5, 0.6) is 0 Å². The SMILES string of the molecule is Fc1cc[c]nc1Cl. The Bertz CT molecular complexity index is 169. The van der Waals surface area contributed by atoms with Gasteiger partial charge in [0.25, 0.3) is 0 Å². The van der Waals surface area contributed by atoms with Crippen LogP contribution in [0.3, 0.4) is 0 Å². The van der Waals surface area contributed by atoms with Crippen molar-refractivity contribution in [1.29, 1.82) is 0 Å². The highest BCUT2D eigenvalue weighted by Crippen LogP contribution is 2.06. The molecule has 0 fully saturated rings. The summed E-state index contributed by atoms with van der Waals surface area (Å²) in [6.45, 7) is 0. The Morgan fingerprint density at radius 2 is 2.50 bits per heavy atom. The molecule has 1 heterocycles. The molecule has 0 saturated carbocycles. The molecular formula is C5H2ClFN. The van der Waals surface area contributed by atoms with E-state index in [0.29, 0.717) is 0 Å². The molecule has 8 heavy (non-hydrogen) atoms. The first kappa shape index (κ1) is 5.51. The summed E-state index contributed by atoms with van der Waals surface area (Å²) in [5.41, 5.74) is 0. The smallest absolute Gasteiger partial charge is 0.165 e. The van der Waals surface area contributed by atoms with Gasteiger partial charge in [-0.2, -0.15) is 0 Å². The number of hydrogen-bond acceptors (Lipinski definition) is 1. The van der Waals surface area contributed by atoms with Gasteiger partial charge >= 0.3 is 0 Å². The normalized spacial score (nSPS) is 9.25. The minimum absolute atomic E-state index is 0.132. The summed E-state index contributed by atoms with van der Waals surface area (Å²) >= 11 is 5.19. The minimum atomic E-state index is -0.509. The molecule has 0 atom stereocenters. The lowest BCUT2D eigenvalue weighted by atomic mass is 10.5. The maximum absolute atomic E-state index is 12.1. The molecule has 0 aliphatic carbocycles. The lowest BCUT2D eigenvalue weighted by Gasteiger charge is -1.85. The molecule has 0 spiro atoms. The average molecular weight is 131 g/mol. The van der Waals surface area contributed by atoms with E-state index in [4.69, 9.17) is 11.6 Å². The van der Waals surface area contributed by atoms with Gasteiger partial charge in [0.05, 0.1) is 6.20 Å². The van der Waals surface area contributed by atoms with E-state index < -0.39 is 5.82 Å². The van der Waals surface area contributed by atoms with E-state index in [1.807, 2.05) is 0 Å². The number of pyridine rings is 1. The summed E-state index contributed by atoms with van der Waals surface area (Å²) in [5, 5.41) is -0.132. The van der Waals surface area contributed by atoms with Crippen molar-refractivity contribution < 1.29 is 4.39 Å². The Balaban J connectivity index is 3.13. The fourth-order valence-corrected chi connectivity index (χ4v) is 0.438. The zero-order chi connectivity index (χ0) is 5.98. The quantitative estimate of drug-likeness (QED) is 0.487. The predicted molar refractivity (Wildman–Crippen MR) is 28.0 cm³/mol. The van der Waals surface area contributed by atoms with Crippen LogP contribution in [0.15, 0.2) is 12.1 Å². The standard InChI is InChI=1S/C5H2ClFN/c6-5-4(7)2-1-3-8-5/h1-2H. The molecule has 0 saturated heterocycles. The van der Waals surface area contributed by atoms with Gasteiger partial charge < -0.3 is 0 Å². The molecule has 1 radical (unpaired) electrons. The van der Waals surface area contributed by atoms with Crippen LogP contribution in [0, 0.1) is 12.0 Å². The van der Waals surface area contributed by atoms with Crippen molar-refractivity contribution >= 4 is 11.6 Å². The predicted octanol–water partition coefficient (Wildman–Crippen LogP) is 1.67. The van der Waals surface area contributed by atoms with E-state index in [2.05, 4.69) is 11.2 Å². The first-order chi connectivity index (χ1) is 3.80. The van der Waals surface area contributed by atoms with Crippen molar-refractivity contribution in [2.75, 3.05) is 0 Å². The number of rotatable bonds is 0. The van der Waals surface area contributed by atoms with E-state index in [1.54, 1.807) is 0 Å².